The van der Waals surface area contributed by atoms with Gasteiger partial charge in [0.1, 0.15) is 11.5 Å². The number of amides is 2. The summed E-state index contributed by atoms with van der Waals surface area (Å²) in [5.74, 6) is 1.48. The van der Waals surface area contributed by atoms with Gasteiger partial charge in [-0.2, -0.15) is 0 Å². The molecule has 0 radical (unpaired) electrons. The van der Waals surface area contributed by atoms with Crippen molar-refractivity contribution in [3.63, 3.8) is 0 Å². The number of hydrogen-bond donors (Lipinski definition) is 0. The first-order chi connectivity index (χ1) is 13.5. The number of ether oxygens (including phenoxy) is 1. The van der Waals surface area contributed by atoms with Crippen LogP contribution in [0.1, 0.15) is 13.3 Å². The van der Waals surface area contributed by atoms with Crippen LogP contribution < -0.4 is 9.64 Å². The van der Waals surface area contributed by atoms with Crippen molar-refractivity contribution in [1.29, 1.82) is 0 Å². The molecule has 2 aromatic rings. The Morgan fingerprint density at radius 3 is 2.14 bits per heavy atom. The van der Waals surface area contributed by atoms with Crippen LogP contribution in [-0.4, -0.2) is 61.4 Å². The summed E-state index contributed by atoms with van der Waals surface area (Å²) in [6, 6.07) is 16.9. The molecule has 0 aliphatic carbocycles. The van der Waals surface area contributed by atoms with Gasteiger partial charge in [-0.3, -0.25) is 9.59 Å². The van der Waals surface area contributed by atoms with E-state index in [0.29, 0.717) is 18.7 Å². The minimum absolute atomic E-state index is 0.0806. The molecule has 1 aliphatic heterocycles. The van der Waals surface area contributed by atoms with Crippen molar-refractivity contribution in [3.8, 4) is 11.5 Å². The van der Waals surface area contributed by atoms with Crippen LogP contribution in [0.2, 0.25) is 0 Å². The van der Waals surface area contributed by atoms with Crippen LogP contribution in [0.4, 0.5) is 5.69 Å². The lowest BCUT2D eigenvalue weighted by atomic mass is 10.2. The van der Waals surface area contributed by atoms with E-state index < -0.39 is 0 Å². The third kappa shape index (κ3) is 5.33. The zero-order valence-electron chi connectivity index (χ0n) is 16.5. The average Bonchev–Trinajstić information content (AvgIpc) is 2.70. The third-order valence-corrected chi connectivity index (χ3v) is 4.91. The molecule has 0 spiro atoms. The second-order valence-corrected chi connectivity index (χ2v) is 7.01. The van der Waals surface area contributed by atoms with Gasteiger partial charge < -0.3 is 19.4 Å². The summed E-state index contributed by atoms with van der Waals surface area (Å²) >= 11 is 0. The fraction of sp³-hybridized carbons (Fsp3) is 0.364. The Bertz CT molecular complexity index is 784. The lowest BCUT2D eigenvalue weighted by Crippen LogP contribution is -2.47. The minimum atomic E-state index is -0.0806. The van der Waals surface area contributed by atoms with E-state index in [1.54, 1.807) is 4.90 Å². The summed E-state index contributed by atoms with van der Waals surface area (Å²) in [5, 5.41) is 0. The number of carbonyl (C=O) groups is 2. The third-order valence-electron chi connectivity index (χ3n) is 4.91. The van der Waals surface area contributed by atoms with E-state index in [9.17, 15) is 9.59 Å². The molecule has 0 atom stereocenters. The number of benzene rings is 2. The Morgan fingerprint density at radius 1 is 0.929 bits per heavy atom. The summed E-state index contributed by atoms with van der Waals surface area (Å²) < 4.78 is 5.79. The van der Waals surface area contributed by atoms with Crippen molar-refractivity contribution in [2.24, 2.45) is 0 Å². The fourth-order valence-corrected chi connectivity index (χ4v) is 3.21. The van der Waals surface area contributed by atoms with E-state index in [4.69, 9.17) is 4.74 Å². The van der Waals surface area contributed by atoms with Gasteiger partial charge in [-0.15, -0.1) is 0 Å². The van der Waals surface area contributed by atoms with Crippen molar-refractivity contribution < 1.29 is 14.3 Å². The van der Waals surface area contributed by atoms with Gasteiger partial charge in [-0.25, -0.2) is 0 Å². The summed E-state index contributed by atoms with van der Waals surface area (Å²) in [6.07, 6.45) is 0.325. The van der Waals surface area contributed by atoms with Crippen LogP contribution in [-0.2, 0) is 9.59 Å². The van der Waals surface area contributed by atoms with E-state index in [1.807, 2.05) is 59.5 Å². The second kappa shape index (κ2) is 9.37. The van der Waals surface area contributed by atoms with E-state index in [2.05, 4.69) is 11.9 Å². The van der Waals surface area contributed by atoms with E-state index >= 15 is 0 Å². The van der Waals surface area contributed by atoms with Gasteiger partial charge >= 0.3 is 0 Å². The molecule has 6 heteroatoms. The predicted molar refractivity (Wildman–Crippen MR) is 110 cm³/mol. The topological polar surface area (TPSA) is 53.1 Å². The van der Waals surface area contributed by atoms with Crippen LogP contribution >= 0.6 is 0 Å². The monoisotopic (exact) mass is 381 g/mol. The largest absolute Gasteiger partial charge is 0.457 e. The molecule has 1 saturated heterocycles. The van der Waals surface area contributed by atoms with E-state index in [1.165, 1.54) is 6.92 Å². The molecule has 0 N–H and O–H groups in total. The standard InChI is InChI=1S/C22H27N3O3/c1-18(26)25(13-12-22(27)24-16-14-23(2)15-17-24)19-8-10-21(11-9-19)28-20-6-4-3-5-7-20/h3-11H,12-17H2,1-2H3. The summed E-state index contributed by atoms with van der Waals surface area (Å²) in [5.41, 5.74) is 0.763. The first-order valence-electron chi connectivity index (χ1n) is 9.60. The van der Waals surface area contributed by atoms with Gasteiger partial charge in [-0.1, -0.05) is 18.2 Å². The molecular formula is C22H27N3O3. The van der Waals surface area contributed by atoms with Crippen molar-refractivity contribution in [3.05, 3.63) is 54.6 Å². The molecule has 1 heterocycles. The highest BCUT2D eigenvalue weighted by molar-refractivity contribution is 5.92. The number of anilines is 1. The fourth-order valence-electron chi connectivity index (χ4n) is 3.21. The zero-order valence-corrected chi connectivity index (χ0v) is 16.5. The average molecular weight is 381 g/mol. The molecule has 2 aromatic carbocycles. The van der Waals surface area contributed by atoms with Crippen LogP contribution in [0.25, 0.3) is 0 Å². The maximum atomic E-state index is 12.5. The Morgan fingerprint density at radius 2 is 1.54 bits per heavy atom. The Kier molecular flexibility index (Phi) is 6.66. The molecule has 3 rings (SSSR count). The smallest absolute Gasteiger partial charge is 0.224 e. The number of carbonyl (C=O) groups excluding carboxylic acids is 2. The highest BCUT2D eigenvalue weighted by atomic mass is 16.5. The normalized spacial score (nSPS) is 14.6. The maximum absolute atomic E-state index is 12.5. The zero-order chi connectivity index (χ0) is 19.9. The highest BCUT2D eigenvalue weighted by Crippen LogP contribution is 2.24. The molecule has 28 heavy (non-hydrogen) atoms. The van der Waals surface area contributed by atoms with Gasteiger partial charge in [0.25, 0.3) is 0 Å². The van der Waals surface area contributed by atoms with Gasteiger partial charge in [0.15, 0.2) is 0 Å². The molecule has 1 aliphatic rings. The molecular weight excluding hydrogens is 354 g/mol. The quantitative estimate of drug-likeness (QED) is 0.772. The van der Waals surface area contributed by atoms with Gasteiger partial charge in [0.05, 0.1) is 0 Å². The number of hydrogen-bond acceptors (Lipinski definition) is 4. The summed E-state index contributed by atoms with van der Waals surface area (Å²) in [4.78, 5) is 30.3. The van der Waals surface area contributed by atoms with Crippen LogP contribution in [0.15, 0.2) is 54.6 Å². The van der Waals surface area contributed by atoms with E-state index in [0.717, 1.165) is 37.6 Å². The highest BCUT2D eigenvalue weighted by Gasteiger charge is 2.20. The molecule has 6 nitrogen and oxygen atoms in total. The molecule has 148 valence electrons. The molecule has 0 bridgehead atoms. The van der Waals surface area contributed by atoms with Crippen LogP contribution in [0, 0.1) is 0 Å². The summed E-state index contributed by atoms with van der Waals surface area (Å²) in [6.45, 7) is 5.19. The minimum Gasteiger partial charge on any atom is -0.457 e. The molecule has 0 unspecified atom stereocenters. The second-order valence-electron chi connectivity index (χ2n) is 7.01. The maximum Gasteiger partial charge on any atom is 0.224 e. The SMILES string of the molecule is CC(=O)N(CCC(=O)N1CCN(C)CC1)c1ccc(Oc2ccccc2)cc1. The number of nitrogens with zero attached hydrogens (tertiary/aromatic N) is 3. The number of rotatable bonds is 6. The Balaban J connectivity index is 1.59. The van der Waals surface area contributed by atoms with Gasteiger partial charge in [0, 0.05) is 51.8 Å². The van der Waals surface area contributed by atoms with Crippen molar-refractivity contribution in [1.82, 2.24) is 9.80 Å². The summed E-state index contributed by atoms with van der Waals surface area (Å²) in [7, 11) is 2.06. The van der Waals surface area contributed by atoms with Crippen LogP contribution in [0.3, 0.4) is 0 Å². The van der Waals surface area contributed by atoms with Crippen LogP contribution in [0.5, 0.6) is 11.5 Å². The molecule has 2 amide bonds. The first kappa shape index (κ1) is 19.9. The Hall–Kier alpha value is -2.86. The van der Waals surface area contributed by atoms with Crippen molar-refractivity contribution in [2.45, 2.75) is 13.3 Å². The lowest BCUT2D eigenvalue weighted by molar-refractivity contribution is -0.132. The van der Waals surface area contributed by atoms with Crippen molar-refractivity contribution >= 4 is 17.5 Å². The number of likely N-dealkylation sites (N-methyl/N-ethyl adjacent to an activating group) is 1. The predicted octanol–water partition coefficient (Wildman–Crippen LogP) is 3.00. The number of piperazine rings is 1. The van der Waals surface area contributed by atoms with E-state index in [-0.39, 0.29) is 11.8 Å². The Labute approximate surface area is 166 Å². The van der Waals surface area contributed by atoms with Crippen molar-refractivity contribution in [2.75, 3.05) is 44.7 Å². The number of para-hydroxylation sites is 1. The lowest BCUT2D eigenvalue weighted by Gasteiger charge is -2.33. The first-order valence-corrected chi connectivity index (χ1v) is 9.60. The molecule has 1 fully saturated rings. The molecule has 0 aromatic heterocycles. The van der Waals surface area contributed by atoms with Gasteiger partial charge in [-0.05, 0) is 43.4 Å². The van der Waals surface area contributed by atoms with Gasteiger partial charge in [0.2, 0.25) is 11.8 Å². The molecule has 0 saturated carbocycles.